The molecule has 0 aliphatic heterocycles. The first kappa shape index (κ1) is 16.5. The van der Waals surface area contributed by atoms with Gasteiger partial charge in [-0.1, -0.05) is 18.2 Å². The molecule has 1 aromatic heterocycles. The zero-order chi connectivity index (χ0) is 15.2. The summed E-state index contributed by atoms with van der Waals surface area (Å²) >= 11 is 0. The topological polar surface area (TPSA) is 51.2 Å². The first-order chi connectivity index (χ1) is 10.8. The van der Waals surface area contributed by atoms with Crippen LogP contribution in [0.3, 0.4) is 0 Å². The molecule has 0 saturated heterocycles. The van der Waals surface area contributed by atoms with Crippen molar-refractivity contribution in [2.75, 3.05) is 5.32 Å². The van der Waals surface area contributed by atoms with Crippen molar-refractivity contribution >= 4 is 24.0 Å². The van der Waals surface area contributed by atoms with E-state index in [0.29, 0.717) is 17.0 Å². The fourth-order valence-corrected chi connectivity index (χ4v) is 1.93. The zero-order valence-corrected chi connectivity index (χ0v) is 13.0. The van der Waals surface area contributed by atoms with Gasteiger partial charge in [-0.25, -0.2) is 0 Å². The molecular formula is C18H15ClN2O2. The maximum absolute atomic E-state index is 12.0. The van der Waals surface area contributed by atoms with Crippen LogP contribution in [0.25, 0.3) is 0 Å². The molecule has 5 heteroatoms. The quantitative estimate of drug-likeness (QED) is 0.765. The largest absolute Gasteiger partial charge is 0.457 e. The molecule has 2 aromatic carbocycles. The number of nitrogens with one attached hydrogen (secondary N) is 1. The average molecular weight is 327 g/mol. The summed E-state index contributed by atoms with van der Waals surface area (Å²) in [6, 6.07) is 20.2. The number of carbonyl (C=O) groups excluding carboxylic acids is 1. The third-order valence-corrected chi connectivity index (χ3v) is 3.01. The number of pyridine rings is 1. The summed E-state index contributed by atoms with van der Waals surface area (Å²) in [5.74, 6) is 1.30. The SMILES string of the molecule is Cl.O=C(Nc1ccc(Oc2ccccc2)cc1)c1cccnc1. The van der Waals surface area contributed by atoms with Gasteiger partial charge >= 0.3 is 0 Å². The summed E-state index contributed by atoms with van der Waals surface area (Å²) in [5, 5.41) is 2.81. The molecule has 0 fully saturated rings. The van der Waals surface area contributed by atoms with Crippen LogP contribution in [0.5, 0.6) is 11.5 Å². The summed E-state index contributed by atoms with van der Waals surface area (Å²) < 4.78 is 5.70. The van der Waals surface area contributed by atoms with Crippen LogP contribution < -0.4 is 10.1 Å². The highest BCUT2D eigenvalue weighted by Gasteiger charge is 2.05. The summed E-state index contributed by atoms with van der Waals surface area (Å²) in [7, 11) is 0. The number of anilines is 1. The van der Waals surface area contributed by atoms with Crippen LogP contribution in [0.4, 0.5) is 5.69 Å². The molecule has 1 N–H and O–H groups in total. The van der Waals surface area contributed by atoms with Crippen LogP contribution in [0, 0.1) is 0 Å². The first-order valence-electron chi connectivity index (χ1n) is 6.85. The Morgan fingerprint density at radius 3 is 2.22 bits per heavy atom. The number of aromatic nitrogens is 1. The average Bonchev–Trinajstić information content (AvgIpc) is 2.58. The van der Waals surface area contributed by atoms with Crippen LogP contribution in [0.1, 0.15) is 10.4 Å². The maximum Gasteiger partial charge on any atom is 0.257 e. The van der Waals surface area contributed by atoms with Gasteiger partial charge in [-0.05, 0) is 48.5 Å². The van der Waals surface area contributed by atoms with Gasteiger partial charge in [-0.3, -0.25) is 9.78 Å². The number of hydrogen-bond acceptors (Lipinski definition) is 3. The van der Waals surface area contributed by atoms with Crippen LogP contribution >= 0.6 is 12.4 Å². The highest BCUT2D eigenvalue weighted by Crippen LogP contribution is 2.22. The molecule has 0 bridgehead atoms. The minimum Gasteiger partial charge on any atom is -0.457 e. The number of halogens is 1. The Morgan fingerprint density at radius 1 is 0.870 bits per heavy atom. The molecular weight excluding hydrogens is 312 g/mol. The Bertz CT molecular complexity index is 747. The number of rotatable bonds is 4. The Kier molecular flexibility index (Phi) is 5.72. The van der Waals surface area contributed by atoms with E-state index in [1.165, 1.54) is 6.20 Å². The van der Waals surface area contributed by atoms with Crippen molar-refractivity contribution in [2.45, 2.75) is 0 Å². The fraction of sp³-hybridized carbons (Fsp3) is 0. The van der Waals surface area contributed by atoms with Gasteiger partial charge in [0.1, 0.15) is 11.5 Å². The van der Waals surface area contributed by atoms with E-state index in [2.05, 4.69) is 10.3 Å². The monoisotopic (exact) mass is 326 g/mol. The number of hydrogen-bond donors (Lipinski definition) is 1. The van der Waals surface area contributed by atoms with Crippen molar-refractivity contribution < 1.29 is 9.53 Å². The minimum atomic E-state index is -0.190. The highest BCUT2D eigenvalue weighted by atomic mass is 35.5. The Balaban J connectivity index is 0.00000192. The van der Waals surface area contributed by atoms with Crippen molar-refractivity contribution in [3.63, 3.8) is 0 Å². The molecule has 0 saturated carbocycles. The Morgan fingerprint density at radius 2 is 1.57 bits per heavy atom. The first-order valence-corrected chi connectivity index (χ1v) is 6.85. The normalized spacial score (nSPS) is 9.57. The third-order valence-electron chi connectivity index (χ3n) is 3.01. The number of benzene rings is 2. The number of para-hydroxylation sites is 1. The van der Waals surface area contributed by atoms with Gasteiger partial charge in [0.05, 0.1) is 5.56 Å². The molecule has 0 aliphatic carbocycles. The lowest BCUT2D eigenvalue weighted by Gasteiger charge is -2.08. The summed E-state index contributed by atoms with van der Waals surface area (Å²) in [4.78, 5) is 15.9. The number of carbonyl (C=O) groups is 1. The summed E-state index contributed by atoms with van der Waals surface area (Å²) in [6.07, 6.45) is 3.16. The second-order valence-corrected chi connectivity index (χ2v) is 4.64. The summed E-state index contributed by atoms with van der Waals surface area (Å²) in [5.41, 5.74) is 1.22. The van der Waals surface area contributed by atoms with Gasteiger partial charge < -0.3 is 10.1 Å². The maximum atomic E-state index is 12.0. The predicted molar refractivity (Wildman–Crippen MR) is 92.4 cm³/mol. The van der Waals surface area contributed by atoms with Gasteiger partial charge in [0.25, 0.3) is 5.91 Å². The Hall–Kier alpha value is -2.85. The number of ether oxygens (including phenoxy) is 1. The van der Waals surface area contributed by atoms with Crippen molar-refractivity contribution in [3.05, 3.63) is 84.7 Å². The molecule has 0 aliphatic rings. The van der Waals surface area contributed by atoms with Gasteiger partial charge in [-0.15, -0.1) is 12.4 Å². The van der Waals surface area contributed by atoms with Crippen LogP contribution in [0.2, 0.25) is 0 Å². The lowest BCUT2D eigenvalue weighted by Crippen LogP contribution is -2.11. The molecule has 0 atom stereocenters. The molecule has 4 nitrogen and oxygen atoms in total. The zero-order valence-electron chi connectivity index (χ0n) is 12.2. The van der Waals surface area contributed by atoms with Crippen molar-refractivity contribution in [3.8, 4) is 11.5 Å². The van der Waals surface area contributed by atoms with Crippen LogP contribution in [-0.2, 0) is 0 Å². The van der Waals surface area contributed by atoms with Crippen molar-refractivity contribution in [1.29, 1.82) is 0 Å². The van der Waals surface area contributed by atoms with E-state index in [0.717, 1.165) is 5.75 Å². The molecule has 0 spiro atoms. The lowest BCUT2D eigenvalue weighted by molar-refractivity contribution is 0.102. The predicted octanol–water partition coefficient (Wildman–Crippen LogP) is 4.55. The van der Waals surface area contributed by atoms with Gasteiger partial charge in [0.2, 0.25) is 0 Å². The van der Waals surface area contributed by atoms with Gasteiger partial charge in [-0.2, -0.15) is 0 Å². The van der Waals surface area contributed by atoms with E-state index in [9.17, 15) is 4.79 Å². The van der Waals surface area contributed by atoms with Gasteiger partial charge in [0, 0.05) is 18.1 Å². The molecule has 3 rings (SSSR count). The number of nitrogens with zero attached hydrogens (tertiary/aromatic N) is 1. The molecule has 116 valence electrons. The second-order valence-electron chi connectivity index (χ2n) is 4.64. The van der Waals surface area contributed by atoms with Crippen LogP contribution in [0.15, 0.2) is 79.1 Å². The molecule has 1 amide bonds. The Labute approximate surface area is 140 Å². The van der Waals surface area contributed by atoms with Crippen LogP contribution in [-0.4, -0.2) is 10.9 Å². The van der Waals surface area contributed by atoms with E-state index in [4.69, 9.17) is 4.74 Å². The standard InChI is InChI=1S/C18H14N2O2.ClH/c21-18(14-5-4-12-19-13-14)20-15-8-10-17(11-9-15)22-16-6-2-1-3-7-16;/h1-13H,(H,20,21);1H. The fourth-order valence-electron chi connectivity index (χ4n) is 1.93. The highest BCUT2D eigenvalue weighted by molar-refractivity contribution is 6.04. The lowest BCUT2D eigenvalue weighted by atomic mass is 10.2. The van der Waals surface area contributed by atoms with E-state index < -0.39 is 0 Å². The smallest absolute Gasteiger partial charge is 0.257 e. The molecule has 0 radical (unpaired) electrons. The van der Waals surface area contributed by atoms with Gasteiger partial charge in [0.15, 0.2) is 0 Å². The summed E-state index contributed by atoms with van der Waals surface area (Å²) in [6.45, 7) is 0. The molecule has 3 aromatic rings. The second kappa shape index (κ2) is 7.96. The van der Waals surface area contributed by atoms with E-state index in [-0.39, 0.29) is 18.3 Å². The third kappa shape index (κ3) is 4.56. The molecule has 23 heavy (non-hydrogen) atoms. The van der Waals surface area contributed by atoms with E-state index in [1.807, 2.05) is 42.5 Å². The van der Waals surface area contributed by atoms with Crippen molar-refractivity contribution in [2.24, 2.45) is 0 Å². The van der Waals surface area contributed by atoms with Crippen molar-refractivity contribution in [1.82, 2.24) is 4.98 Å². The van der Waals surface area contributed by atoms with E-state index in [1.54, 1.807) is 30.5 Å². The molecule has 1 heterocycles. The molecule has 0 unspecified atom stereocenters. The number of amides is 1. The van der Waals surface area contributed by atoms with E-state index >= 15 is 0 Å². The minimum absolute atomic E-state index is 0.